The SMILES string of the molecule is CCc1ccc(N(C(=O)c2ccccc2)S(=O)(=O)c2ccc(C)cc2)cc1. The smallest absolute Gasteiger partial charge is 0.268 e. The first-order chi connectivity index (χ1) is 12.9. The molecule has 0 fully saturated rings. The molecule has 0 unspecified atom stereocenters. The van der Waals surface area contributed by atoms with Gasteiger partial charge in [-0.1, -0.05) is 55.0 Å². The molecule has 3 rings (SSSR count). The van der Waals surface area contributed by atoms with Crippen LogP contribution in [0.4, 0.5) is 5.69 Å². The Labute approximate surface area is 160 Å². The third-order valence-corrected chi connectivity index (χ3v) is 6.07. The van der Waals surface area contributed by atoms with Gasteiger partial charge in [0.1, 0.15) is 0 Å². The van der Waals surface area contributed by atoms with Crippen molar-refractivity contribution in [2.75, 3.05) is 4.31 Å². The van der Waals surface area contributed by atoms with E-state index < -0.39 is 15.9 Å². The van der Waals surface area contributed by atoms with Crippen LogP contribution < -0.4 is 4.31 Å². The largest absolute Gasteiger partial charge is 0.272 e. The second-order valence-electron chi connectivity index (χ2n) is 6.27. The second kappa shape index (κ2) is 7.76. The van der Waals surface area contributed by atoms with Crippen molar-refractivity contribution in [3.05, 3.63) is 95.6 Å². The fourth-order valence-corrected chi connectivity index (χ4v) is 4.16. The van der Waals surface area contributed by atoms with Crippen LogP contribution in [0.15, 0.2) is 83.8 Å². The van der Waals surface area contributed by atoms with Gasteiger partial charge in [-0.2, -0.15) is 4.31 Å². The molecule has 0 atom stereocenters. The lowest BCUT2D eigenvalue weighted by atomic mass is 10.1. The molecule has 3 aromatic carbocycles. The van der Waals surface area contributed by atoms with Gasteiger partial charge >= 0.3 is 0 Å². The molecule has 0 heterocycles. The van der Waals surface area contributed by atoms with Gasteiger partial charge in [0.15, 0.2) is 0 Å². The van der Waals surface area contributed by atoms with Gasteiger partial charge in [-0.3, -0.25) is 4.79 Å². The maximum absolute atomic E-state index is 13.3. The summed E-state index contributed by atoms with van der Waals surface area (Å²) in [6.45, 7) is 3.90. The average molecular weight is 379 g/mol. The molecule has 0 bridgehead atoms. The molecular formula is C22H21NO3S. The van der Waals surface area contributed by atoms with Gasteiger partial charge in [0, 0.05) is 5.56 Å². The highest BCUT2D eigenvalue weighted by Crippen LogP contribution is 2.26. The molecule has 0 saturated carbocycles. The zero-order chi connectivity index (χ0) is 19.4. The first-order valence-electron chi connectivity index (χ1n) is 8.74. The minimum absolute atomic E-state index is 0.0805. The van der Waals surface area contributed by atoms with Crippen LogP contribution in [0.3, 0.4) is 0 Å². The molecule has 138 valence electrons. The van der Waals surface area contributed by atoms with E-state index >= 15 is 0 Å². The Kier molecular flexibility index (Phi) is 5.42. The van der Waals surface area contributed by atoms with Gasteiger partial charge in [-0.05, 0) is 55.3 Å². The molecule has 4 nitrogen and oxygen atoms in total. The van der Waals surface area contributed by atoms with Crippen LogP contribution in [-0.4, -0.2) is 14.3 Å². The molecule has 0 aliphatic carbocycles. The molecule has 0 aliphatic heterocycles. The predicted octanol–water partition coefficient (Wildman–Crippen LogP) is 4.59. The minimum atomic E-state index is -4.05. The Hall–Kier alpha value is -2.92. The number of carbonyl (C=O) groups excluding carboxylic acids is 1. The van der Waals surface area contributed by atoms with Crippen molar-refractivity contribution >= 4 is 21.6 Å². The number of sulfonamides is 1. The van der Waals surface area contributed by atoms with Crippen molar-refractivity contribution in [1.29, 1.82) is 0 Å². The van der Waals surface area contributed by atoms with E-state index in [2.05, 4.69) is 0 Å². The van der Waals surface area contributed by atoms with E-state index in [1.807, 2.05) is 26.0 Å². The van der Waals surface area contributed by atoms with Gasteiger partial charge in [0.2, 0.25) is 0 Å². The highest BCUT2D eigenvalue weighted by molar-refractivity contribution is 7.93. The molecule has 0 radical (unpaired) electrons. The maximum Gasteiger partial charge on any atom is 0.272 e. The van der Waals surface area contributed by atoms with Crippen molar-refractivity contribution in [1.82, 2.24) is 0 Å². The topological polar surface area (TPSA) is 54.5 Å². The fraction of sp³-hybridized carbons (Fsp3) is 0.136. The summed E-state index contributed by atoms with van der Waals surface area (Å²) in [4.78, 5) is 13.2. The van der Waals surface area contributed by atoms with Gasteiger partial charge in [-0.15, -0.1) is 0 Å². The number of benzene rings is 3. The molecule has 3 aromatic rings. The van der Waals surface area contributed by atoms with E-state index in [9.17, 15) is 13.2 Å². The van der Waals surface area contributed by atoms with Gasteiger partial charge < -0.3 is 0 Å². The quantitative estimate of drug-likeness (QED) is 0.651. The first-order valence-corrected chi connectivity index (χ1v) is 10.2. The molecule has 0 N–H and O–H groups in total. The molecule has 0 aromatic heterocycles. The maximum atomic E-state index is 13.3. The van der Waals surface area contributed by atoms with Gasteiger partial charge in [0.25, 0.3) is 15.9 Å². The van der Waals surface area contributed by atoms with Gasteiger partial charge in [0.05, 0.1) is 10.6 Å². The van der Waals surface area contributed by atoms with Gasteiger partial charge in [-0.25, -0.2) is 8.42 Å². The Morgan fingerprint density at radius 1 is 0.852 bits per heavy atom. The highest BCUT2D eigenvalue weighted by atomic mass is 32.2. The van der Waals surface area contributed by atoms with E-state index in [1.54, 1.807) is 54.6 Å². The predicted molar refractivity (Wildman–Crippen MR) is 107 cm³/mol. The van der Waals surface area contributed by atoms with Crippen LogP contribution in [-0.2, 0) is 16.4 Å². The number of nitrogens with zero attached hydrogens (tertiary/aromatic N) is 1. The van der Waals surface area contributed by atoms with Crippen molar-refractivity contribution in [2.45, 2.75) is 25.2 Å². The summed E-state index contributed by atoms with van der Waals surface area (Å²) in [5.74, 6) is -0.583. The first kappa shape index (κ1) is 18.9. The second-order valence-corrected chi connectivity index (χ2v) is 8.06. The van der Waals surface area contributed by atoms with Crippen LogP contribution in [0.1, 0.15) is 28.4 Å². The van der Waals surface area contributed by atoms with Crippen LogP contribution >= 0.6 is 0 Å². The summed E-state index contributed by atoms with van der Waals surface area (Å²) in [5.41, 5.74) is 2.65. The van der Waals surface area contributed by atoms with Crippen molar-refractivity contribution in [2.24, 2.45) is 0 Å². The van der Waals surface area contributed by atoms with Crippen LogP contribution in [0, 0.1) is 6.92 Å². The molecule has 0 aliphatic rings. The normalized spacial score (nSPS) is 11.2. The lowest BCUT2D eigenvalue weighted by molar-refractivity contribution is 0.101. The highest BCUT2D eigenvalue weighted by Gasteiger charge is 2.31. The van der Waals surface area contributed by atoms with Crippen LogP contribution in [0.2, 0.25) is 0 Å². The zero-order valence-electron chi connectivity index (χ0n) is 15.3. The Morgan fingerprint density at radius 3 is 2.00 bits per heavy atom. The van der Waals surface area contributed by atoms with Crippen LogP contribution in [0.25, 0.3) is 0 Å². The van der Waals surface area contributed by atoms with E-state index in [4.69, 9.17) is 0 Å². The van der Waals surface area contributed by atoms with Crippen molar-refractivity contribution in [3.8, 4) is 0 Å². The van der Waals surface area contributed by atoms with E-state index in [-0.39, 0.29) is 4.90 Å². The Balaban J connectivity index is 2.14. The number of carbonyl (C=O) groups is 1. The molecular weight excluding hydrogens is 358 g/mol. The summed E-state index contributed by atoms with van der Waals surface area (Å²) in [6, 6.07) is 21.9. The Morgan fingerprint density at radius 2 is 1.44 bits per heavy atom. The number of rotatable bonds is 5. The van der Waals surface area contributed by atoms with E-state index in [0.29, 0.717) is 11.3 Å². The number of anilines is 1. The Bertz CT molecular complexity index is 1030. The number of hydrogen-bond acceptors (Lipinski definition) is 3. The molecule has 1 amide bonds. The lowest BCUT2D eigenvalue weighted by Crippen LogP contribution is -2.37. The average Bonchev–Trinajstić information content (AvgIpc) is 2.69. The molecule has 27 heavy (non-hydrogen) atoms. The summed E-state index contributed by atoms with van der Waals surface area (Å²) in [7, 11) is -4.05. The minimum Gasteiger partial charge on any atom is -0.268 e. The summed E-state index contributed by atoms with van der Waals surface area (Å²) in [5, 5.41) is 0. The molecule has 0 saturated heterocycles. The van der Waals surface area contributed by atoms with E-state index in [1.165, 1.54) is 12.1 Å². The lowest BCUT2D eigenvalue weighted by Gasteiger charge is -2.23. The zero-order valence-corrected chi connectivity index (χ0v) is 16.1. The molecule has 5 heteroatoms. The summed E-state index contributed by atoms with van der Waals surface area (Å²) >= 11 is 0. The fourth-order valence-electron chi connectivity index (χ4n) is 2.75. The van der Waals surface area contributed by atoms with E-state index in [0.717, 1.165) is 21.9 Å². The summed E-state index contributed by atoms with van der Waals surface area (Å²) < 4.78 is 27.5. The third-order valence-electron chi connectivity index (χ3n) is 4.34. The van der Waals surface area contributed by atoms with Crippen molar-refractivity contribution < 1.29 is 13.2 Å². The van der Waals surface area contributed by atoms with Crippen LogP contribution in [0.5, 0.6) is 0 Å². The molecule has 0 spiro atoms. The summed E-state index contributed by atoms with van der Waals surface area (Å²) in [6.07, 6.45) is 0.831. The number of hydrogen-bond donors (Lipinski definition) is 0. The standard InChI is InChI=1S/C22H21NO3S/c1-3-18-11-13-20(14-12-18)23(22(24)19-7-5-4-6-8-19)27(25,26)21-15-9-17(2)10-16-21/h4-16H,3H2,1-2H3. The number of amides is 1. The van der Waals surface area contributed by atoms with Crippen molar-refractivity contribution in [3.63, 3.8) is 0 Å². The monoisotopic (exact) mass is 379 g/mol. The third kappa shape index (κ3) is 3.93. The number of aryl methyl sites for hydroxylation is 2.